The molecule has 2 atom stereocenters. The van der Waals surface area contributed by atoms with Gasteiger partial charge in [-0.2, -0.15) is 0 Å². The van der Waals surface area contributed by atoms with Crippen LogP contribution in [0.3, 0.4) is 0 Å². The van der Waals surface area contributed by atoms with E-state index in [4.69, 9.17) is 4.74 Å². The van der Waals surface area contributed by atoms with Crippen molar-refractivity contribution in [1.82, 2.24) is 10.6 Å². The van der Waals surface area contributed by atoms with Crippen molar-refractivity contribution in [3.8, 4) is 5.75 Å². The average molecular weight is 278 g/mol. The van der Waals surface area contributed by atoms with Crippen molar-refractivity contribution >= 4 is 5.91 Å². The Bertz CT molecular complexity index is 444. The maximum Gasteiger partial charge on any atom is 0.224 e. The van der Waals surface area contributed by atoms with E-state index in [1.807, 2.05) is 18.2 Å². The number of rotatable bonds is 5. The first kappa shape index (κ1) is 14.8. The van der Waals surface area contributed by atoms with Crippen LogP contribution in [-0.2, 0) is 4.79 Å². The van der Waals surface area contributed by atoms with Crippen LogP contribution in [0, 0.1) is 5.92 Å². The minimum atomic E-state index is -0.717. The normalized spacial score (nSPS) is 20.2. The van der Waals surface area contributed by atoms with E-state index in [0.717, 1.165) is 31.5 Å². The zero-order valence-corrected chi connectivity index (χ0v) is 11.8. The second-order valence-corrected chi connectivity index (χ2v) is 5.08. The standard InChI is InChI=1S/C15H22N2O3/c1-20-13-6-2-4-11(8-13)14(18)10-17-15(19)12-5-3-7-16-9-12/h2,4,6,8,12,14,16,18H,3,5,7,9-10H2,1H3,(H,17,19). The van der Waals surface area contributed by atoms with Gasteiger partial charge in [0.2, 0.25) is 5.91 Å². The summed E-state index contributed by atoms with van der Waals surface area (Å²) in [5, 5.41) is 16.1. The SMILES string of the molecule is COc1cccc(C(O)CNC(=O)C2CCCNC2)c1. The molecule has 0 spiro atoms. The molecule has 20 heavy (non-hydrogen) atoms. The molecule has 1 aromatic carbocycles. The molecule has 0 saturated carbocycles. The van der Waals surface area contributed by atoms with Gasteiger partial charge in [-0.3, -0.25) is 4.79 Å². The quantitative estimate of drug-likeness (QED) is 0.746. The van der Waals surface area contributed by atoms with Crippen molar-refractivity contribution in [2.24, 2.45) is 5.92 Å². The second-order valence-electron chi connectivity index (χ2n) is 5.08. The first-order chi connectivity index (χ1) is 9.70. The molecule has 1 aliphatic heterocycles. The van der Waals surface area contributed by atoms with Gasteiger partial charge in [0.25, 0.3) is 0 Å². The van der Waals surface area contributed by atoms with Crippen LogP contribution in [0.15, 0.2) is 24.3 Å². The van der Waals surface area contributed by atoms with Crippen LogP contribution in [0.25, 0.3) is 0 Å². The van der Waals surface area contributed by atoms with E-state index in [2.05, 4.69) is 10.6 Å². The minimum absolute atomic E-state index is 0.0131. The first-order valence-electron chi connectivity index (χ1n) is 7.01. The number of piperidine rings is 1. The number of carbonyl (C=O) groups is 1. The summed E-state index contributed by atoms with van der Waals surface area (Å²) in [5.41, 5.74) is 0.742. The van der Waals surface area contributed by atoms with Crippen LogP contribution in [0.2, 0.25) is 0 Å². The van der Waals surface area contributed by atoms with E-state index in [-0.39, 0.29) is 18.4 Å². The molecule has 1 amide bonds. The summed E-state index contributed by atoms with van der Waals surface area (Å²) in [6, 6.07) is 7.24. The predicted molar refractivity (Wildman–Crippen MR) is 76.6 cm³/mol. The number of aliphatic hydroxyl groups is 1. The van der Waals surface area contributed by atoms with Crippen molar-refractivity contribution in [3.63, 3.8) is 0 Å². The Hall–Kier alpha value is -1.59. The number of nitrogens with one attached hydrogen (secondary N) is 2. The van der Waals surface area contributed by atoms with Crippen molar-refractivity contribution < 1.29 is 14.6 Å². The van der Waals surface area contributed by atoms with Gasteiger partial charge in [-0.15, -0.1) is 0 Å². The topological polar surface area (TPSA) is 70.6 Å². The van der Waals surface area contributed by atoms with Gasteiger partial charge in [0.15, 0.2) is 0 Å². The Morgan fingerprint density at radius 3 is 3.15 bits per heavy atom. The molecule has 2 unspecified atom stereocenters. The van der Waals surface area contributed by atoms with Crippen LogP contribution < -0.4 is 15.4 Å². The molecule has 0 radical (unpaired) electrons. The van der Waals surface area contributed by atoms with Gasteiger partial charge < -0.3 is 20.5 Å². The highest BCUT2D eigenvalue weighted by Gasteiger charge is 2.21. The number of ether oxygens (including phenoxy) is 1. The summed E-state index contributed by atoms with van der Waals surface area (Å²) in [6.07, 6.45) is 1.22. The Kier molecular flexibility index (Phi) is 5.38. The van der Waals surface area contributed by atoms with Gasteiger partial charge in [0.1, 0.15) is 5.75 Å². The van der Waals surface area contributed by atoms with Crippen LogP contribution in [0.4, 0.5) is 0 Å². The molecule has 0 aliphatic carbocycles. The lowest BCUT2D eigenvalue weighted by molar-refractivity contribution is -0.125. The van der Waals surface area contributed by atoms with E-state index < -0.39 is 6.10 Å². The lowest BCUT2D eigenvalue weighted by Crippen LogP contribution is -2.41. The maximum absolute atomic E-state index is 12.0. The van der Waals surface area contributed by atoms with Gasteiger partial charge in [0.05, 0.1) is 19.1 Å². The fraction of sp³-hybridized carbons (Fsp3) is 0.533. The number of aliphatic hydroxyl groups excluding tert-OH is 1. The number of carbonyl (C=O) groups excluding carboxylic acids is 1. The third-order valence-electron chi connectivity index (χ3n) is 3.62. The molecule has 3 N–H and O–H groups in total. The zero-order valence-electron chi connectivity index (χ0n) is 11.8. The summed E-state index contributed by atoms with van der Waals surface area (Å²) in [6.45, 7) is 1.93. The monoisotopic (exact) mass is 278 g/mol. The average Bonchev–Trinajstić information content (AvgIpc) is 2.53. The van der Waals surface area contributed by atoms with Crippen LogP contribution in [0.5, 0.6) is 5.75 Å². The maximum atomic E-state index is 12.0. The van der Waals surface area contributed by atoms with Crippen molar-refractivity contribution in [2.75, 3.05) is 26.7 Å². The van der Waals surface area contributed by atoms with E-state index in [0.29, 0.717) is 5.75 Å². The van der Waals surface area contributed by atoms with Crippen molar-refractivity contribution in [2.45, 2.75) is 18.9 Å². The molecule has 2 rings (SSSR count). The molecule has 5 heteroatoms. The number of hydrogen-bond donors (Lipinski definition) is 3. The fourth-order valence-corrected chi connectivity index (χ4v) is 2.38. The zero-order chi connectivity index (χ0) is 14.4. The molecule has 1 heterocycles. The summed E-state index contributed by atoms with van der Waals surface area (Å²) in [4.78, 5) is 12.0. The lowest BCUT2D eigenvalue weighted by atomic mass is 9.98. The molecule has 1 aliphatic rings. The largest absolute Gasteiger partial charge is 0.497 e. The van der Waals surface area contributed by atoms with Gasteiger partial charge in [-0.1, -0.05) is 12.1 Å². The number of methoxy groups -OCH3 is 1. The number of benzene rings is 1. The van der Waals surface area contributed by atoms with Crippen molar-refractivity contribution in [1.29, 1.82) is 0 Å². The Morgan fingerprint density at radius 2 is 2.45 bits per heavy atom. The number of amides is 1. The Balaban J connectivity index is 1.84. The van der Waals surface area contributed by atoms with Crippen molar-refractivity contribution in [3.05, 3.63) is 29.8 Å². The summed E-state index contributed by atoms with van der Waals surface area (Å²) in [5.74, 6) is 0.727. The summed E-state index contributed by atoms with van der Waals surface area (Å²) < 4.78 is 5.12. The molecule has 1 aromatic rings. The van der Waals surface area contributed by atoms with Crippen LogP contribution in [-0.4, -0.2) is 37.8 Å². The van der Waals surface area contributed by atoms with Crippen LogP contribution in [0.1, 0.15) is 24.5 Å². The second kappa shape index (κ2) is 7.26. The summed E-state index contributed by atoms with van der Waals surface area (Å²) in [7, 11) is 1.59. The molecular weight excluding hydrogens is 256 g/mol. The fourth-order valence-electron chi connectivity index (χ4n) is 2.38. The Labute approximate surface area is 119 Å². The molecule has 0 aromatic heterocycles. The molecule has 110 valence electrons. The lowest BCUT2D eigenvalue weighted by Gasteiger charge is -2.22. The van der Waals surface area contributed by atoms with E-state index >= 15 is 0 Å². The van der Waals surface area contributed by atoms with Crippen LogP contribution >= 0.6 is 0 Å². The molecule has 1 fully saturated rings. The highest BCUT2D eigenvalue weighted by atomic mass is 16.5. The van der Waals surface area contributed by atoms with Gasteiger partial charge in [-0.25, -0.2) is 0 Å². The molecule has 0 bridgehead atoms. The van der Waals surface area contributed by atoms with Gasteiger partial charge in [0, 0.05) is 13.1 Å². The number of hydrogen-bond acceptors (Lipinski definition) is 4. The Morgan fingerprint density at radius 1 is 1.60 bits per heavy atom. The third-order valence-corrected chi connectivity index (χ3v) is 3.62. The third kappa shape index (κ3) is 3.95. The van der Waals surface area contributed by atoms with Gasteiger partial charge >= 0.3 is 0 Å². The predicted octanol–water partition coefficient (Wildman–Crippen LogP) is 0.844. The molecular formula is C15H22N2O3. The highest BCUT2D eigenvalue weighted by molar-refractivity contribution is 5.79. The van der Waals surface area contributed by atoms with E-state index in [1.165, 1.54) is 0 Å². The highest BCUT2D eigenvalue weighted by Crippen LogP contribution is 2.18. The summed E-state index contributed by atoms with van der Waals surface area (Å²) >= 11 is 0. The minimum Gasteiger partial charge on any atom is -0.497 e. The smallest absolute Gasteiger partial charge is 0.224 e. The van der Waals surface area contributed by atoms with Gasteiger partial charge in [-0.05, 0) is 37.1 Å². The first-order valence-corrected chi connectivity index (χ1v) is 7.01. The van der Waals surface area contributed by atoms with E-state index in [1.54, 1.807) is 13.2 Å². The molecule has 1 saturated heterocycles. The molecule has 5 nitrogen and oxygen atoms in total. The van der Waals surface area contributed by atoms with E-state index in [9.17, 15) is 9.90 Å².